The quantitative estimate of drug-likeness (QED) is 0.811. The molecule has 0 unspecified atom stereocenters. The molecule has 1 aromatic carbocycles. The maximum absolute atomic E-state index is 11.9. The van der Waals surface area contributed by atoms with E-state index in [2.05, 4.69) is 21.9 Å². The second kappa shape index (κ2) is 6.12. The molecule has 0 radical (unpaired) electrons. The van der Waals surface area contributed by atoms with Crippen LogP contribution in [0.4, 0.5) is 0 Å². The summed E-state index contributed by atoms with van der Waals surface area (Å²) in [5.74, 6) is -0.0780. The summed E-state index contributed by atoms with van der Waals surface area (Å²) in [6, 6.07) is 10.3. The third-order valence-electron chi connectivity index (χ3n) is 4.03. The Hall–Kier alpha value is -2.10. The Labute approximate surface area is 124 Å². The van der Waals surface area contributed by atoms with Gasteiger partial charge >= 0.3 is 5.97 Å². The molecule has 0 spiro atoms. The van der Waals surface area contributed by atoms with Gasteiger partial charge in [-0.05, 0) is 37.3 Å². The molecule has 3 rings (SSSR count). The van der Waals surface area contributed by atoms with E-state index >= 15 is 0 Å². The molecule has 4 nitrogen and oxygen atoms in total. The van der Waals surface area contributed by atoms with Crippen molar-refractivity contribution in [1.29, 1.82) is 0 Å². The van der Waals surface area contributed by atoms with E-state index in [1.54, 1.807) is 0 Å². The van der Waals surface area contributed by atoms with Crippen LogP contribution < -0.4 is 0 Å². The van der Waals surface area contributed by atoms with Crippen molar-refractivity contribution in [2.24, 2.45) is 5.92 Å². The van der Waals surface area contributed by atoms with Crippen molar-refractivity contribution >= 4 is 5.97 Å². The standard InChI is InChI=1S/C17H20N2O2/c1-2-21-17(20)14-8-9-16-15(10-14)11-18-19(16)12-13-6-4-3-5-7-13/h3-7,11,14H,2,8-10,12H2,1H3/t14-/m1/s1. The predicted octanol–water partition coefficient (Wildman–Crippen LogP) is 2.60. The van der Waals surface area contributed by atoms with Crippen molar-refractivity contribution in [3.8, 4) is 0 Å². The topological polar surface area (TPSA) is 44.1 Å². The summed E-state index contributed by atoms with van der Waals surface area (Å²) in [6.45, 7) is 3.10. The molecule has 1 aliphatic carbocycles. The first kappa shape index (κ1) is 13.9. The van der Waals surface area contributed by atoms with E-state index in [9.17, 15) is 4.79 Å². The number of ether oxygens (including phenoxy) is 1. The molecule has 21 heavy (non-hydrogen) atoms. The number of rotatable bonds is 4. The maximum atomic E-state index is 11.9. The van der Waals surface area contributed by atoms with Crippen molar-refractivity contribution in [2.45, 2.75) is 32.7 Å². The summed E-state index contributed by atoms with van der Waals surface area (Å²) in [5, 5.41) is 4.50. The number of hydrogen-bond donors (Lipinski definition) is 0. The summed E-state index contributed by atoms with van der Waals surface area (Å²) in [7, 11) is 0. The Balaban J connectivity index is 1.73. The van der Waals surface area contributed by atoms with Crippen LogP contribution in [0.5, 0.6) is 0 Å². The zero-order chi connectivity index (χ0) is 14.7. The van der Waals surface area contributed by atoms with Crippen molar-refractivity contribution in [1.82, 2.24) is 9.78 Å². The first-order valence-corrected chi connectivity index (χ1v) is 7.52. The van der Waals surface area contributed by atoms with Gasteiger partial charge in [-0.3, -0.25) is 9.48 Å². The fraction of sp³-hybridized carbons (Fsp3) is 0.412. The molecular formula is C17H20N2O2. The summed E-state index contributed by atoms with van der Waals surface area (Å²) < 4.78 is 7.19. The Morgan fingerprint density at radius 1 is 1.38 bits per heavy atom. The molecule has 2 aromatic rings. The molecule has 0 amide bonds. The normalized spacial score (nSPS) is 17.3. The van der Waals surface area contributed by atoms with Crippen LogP contribution in [0.1, 0.15) is 30.2 Å². The highest BCUT2D eigenvalue weighted by atomic mass is 16.5. The lowest BCUT2D eigenvalue weighted by molar-refractivity contribution is -0.148. The largest absolute Gasteiger partial charge is 0.466 e. The van der Waals surface area contributed by atoms with Crippen molar-refractivity contribution in [3.05, 3.63) is 53.3 Å². The summed E-state index contributed by atoms with van der Waals surface area (Å²) in [5.41, 5.74) is 3.70. The van der Waals surface area contributed by atoms with Crippen LogP contribution in [0.15, 0.2) is 36.5 Å². The van der Waals surface area contributed by atoms with Crippen molar-refractivity contribution < 1.29 is 9.53 Å². The lowest BCUT2D eigenvalue weighted by atomic mass is 9.88. The van der Waals surface area contributed by atoms with Gasteiger partial charge in [0.05, 0.1) is 25.3 Å². The zero-order valence-corrected chi connectivity index (χ0v) is 12.3. The molecule has 0 fully saturated rings. The molecule has 0 saturated carbocycles. The summed E-state index contributed by atoms with van der Waals surface area (Å²) in [6.07, 6.45) is 4.41. The molecule has 0 N–H and O–H groups in total. The minimum absolute atomic E-state index is 0.00757. The fourth-order valence-corrected chi connectivity index (χ4v) is 2.94. The van der Waals surface area contributed by atoms with Crippen LogP contribution in [-0.2, 0) is 28.9 Å². The molecule has 1 heterocycles. The summed E-state index contributed by atoms with van der Waals surface area (Å²) >= 11 is 0. The molecule has 110 valence electrons. The molecule has 1 aliphatic rings. The van der Waals surface area contributed by atoms with E-state index in [1.165, 1.54) is 16.8 Å². The van der Waals surface area contributed by atoms with E-state index in [1.807, 2.05) is 31.3 Å². The number of benzene rings is 1. The lowest BCUT2D eigenvalue weighted by Gasteiger charge is -2.21. The minimum atomic E-state index is -0.0704. The van der Waals surface area contributed by atoms with Gasteiger partial charge in [0.25, 0.3) is 0 Å². The van der Waals surface area contributed by atoms with E-state index in [0.29, 0.717) is 6.61 Å². The SMILES string of the molecule is CCOC(=O)[C@@H]1CCc2c(cnn2Cc2ccccc2)C1. The molecule has 1 aromatic heterocycles. The summed E-state index contributed by atoms with van der Waals surface area (Å²) in [4.78, 5) is 11.9. The Bertz CT molecular complexity index is 619. The zero-order valence-electron chi connectivity index (χ0n) is 12.3. The van der Waals surface area contributed by atoms with Crippen LogP contribution >= 0.6 is 0 Å². The molecule has 0 aliphatic heterocycles. The number of hydrogen-bond acceptors (Lipinski definition) is 3. The average Bonchev–Trinajstić information content (AvgIpc) is 2.91. The number of carbonyl (C=O) groups is 1. The second-order valence-electron chi connectivity index (χ2n) is 5.45. The van der Waals surface area contributed by atoms with E-state index in [-0.39, 0.29) is 11.9 Å². The monoisotopic (exact) mass is 284 g/mol. The third kappa shape index (κ3) is 2.99. The second-order valence-corrected chi connectivity index (χ2v) is 5.45. The number of fused-ring (bicyclic) bond motifs is 1. The van der Waals surface area contributed by atoms with E-state index in [4.69, 9.17) is 4.74 Å². The first-order chi connectivity index (χ1) is 10.3. The van der Waals surface area contributed by atoms with Gasteiger partial charge in [0.2, 0.25) is 0 Å². The van der Waals surface area contributed by atoms with Crippen LogP contribution in [-0.4, -0.2) is 22.4 Å². The van der Waals surface area contributed by atoms with Gasteiger partial charge in [-0.15, -0.1) is 0 Å². The Morgan fingerprint density at radius 2 is 2.19 bits per heavy atom. The highest BCUT2D eigenvalue weighted by Crippen LogP contribution is 2.26. The fourth-order valence-electron chi connectivity index (χ4n) is 2.94. The van der Waals surface area contributed by atoms with Gasteiger partial charge in [-0.2, -0.15) is 5.10 Å². The third-order valence-corrected chi connectivity index (χ3v) is 4.03. The molecule has 4 heteroatoms. The maximum Gasteiger partial charge on any atom is 0.309 e. The highest BCUT2D eigenvalue weighted by Gasteiger charge is 2.28. The first-order valence-electron chi connectivity index (χ1n) is 7.52. The van der Waals surface area contributed by atoms with Gasteiger partial charge in [0.15, 0.2) is 0 Å². The van der Waals surface area contributed by atoms with Gasteiger partial charge in [0.1, 0.15) is 0 Å². The van der Waals surface area contributed by atoms with Crippen LogP contribution in [0.25, 0.3) is 0 Å². The number of nitrogens with zero attached hydrogens (tertiary/aromatic N) is 2. The van der Waals surface area contributed by atoms with E-state index in [0.717, 1.165) is 25.8 Å². The Morgan fingerprint density at radius 3 is 2.95 bits per heavy atom. The van der Waals surface area contributed by atoms with Gasteiger partial charge in [-0.25, -0.2) is 0 Å². The number of carbonyl (C=O) groups excluding carboxylic acids is 1. The number of esters is 1. The van der Waals surface area contributed by atoms with Crippen LogP contribution in [0.2, 0.25) is 0 Å². The van der Waals surface area contributed by atoms with Crippen LogP contribution in [0, 0.1) is 5.92 Å². The van der Waals surface area contributed by atoms with Gasteiger partial charge in [-0.1, -0.05) is 30.3 Å². The van der Waals surface area contributed by atoms with Gasteiger partial charge < -0.3 is 4.74 Å². The molecule has 1 atom stereocenters. The average molecular weight is 284 g/mol. The van der Waals surface area contributed by atoms with Crippen molar-refractivity contribution in [2.75, 3.05) is 6.61 Å². The highest BCUT2D eigenvalue weighted by molar-refractivity contribution is 5.73. The lowest BCUT2D eigenvalue weighted by Crippen LogP contribution is -2.25. The number of aromatic nitrogens is 2. The van der Waals surface area contributed by atoms with Crippen LogP contribution in [0.3, 0.4) is 0 Å². The molecule has 0 saturated heterocycles. The smallest absolute Gasteiger partial charge is 0.309 e. The predicted molar refractivity (Wildman–Crippen MR) is 79.9 cm³/mol. The Kier molecular flexibility index (Phi) is 4.04. The minimum Gasteiger partial charge on any atom is -0.466 e. The molecular weight excluding hydrogens is 264 g/mol. The molecule has 0 bridgehead atoms. The van der Waals surface area contributed by atoms with Crippen molar-refractivity contribution in [3.63, 3.8) is 0 Å². The van der Waals surface area contributed by atoms with E-state index < -0.39 is 0 Å². The van der Waals surface area contributed by atoms with Gasteiger partial charge in [0, 0.05) is 5.69 Å².